The number of carbonyl (C=O) groups is 1. The van der Waals surface area contributed by atoms with E-state index in [1.54, 1.807) is 0 Å². The molecule has 1 aromatic carbocycles. The highest BCUT2D eigenvalue weighted by Crippen LogP contribution is 2.26. The van der Waals surface area contributed by atoms with E-state index in [9.17, 15) is 4.79 Å². The summed E-state index contributed by atoms with van der Waals surface area (Å²) in [5.74, 6) is 0.0708. The van der Waals surface area contributed by atoms with Gasteiger partial charge in [-0.05, 0) is 50.8 Å². The van der Waals surface area contributed by atoms with Gasteiger partial charge in [-0.15, -0.1) is 0 Å². The first-order chi connectivity index (χ1) is 9.92. The molecular weight excluding hydrogens is 262 g/mol. The molecule has 4 nitrogen and oxygen atoms in total. The van der Waals surface area contributed by atoms with Crippen LogP contribution in [-0.4, -0.2) is 11.9 Å². The summed E-state index contributed by atoms with van der Waals surface area (Å²) in [4.78, 5) is 12.2. The average molecular weight is 285 g/mol. The van der Waals surface area contributed by atoms with Crippen molar-refractivity contribution in [3.05, 3.63) is 29.8 Å². The summed E-state index contributed by atoms with van der Waals surface area (Å²) in [5, 5.41) is 12.1. The highest BCUT2D eigenvalue weighted by atomic mass is 16.1. The molecule has 1 amide bonds. The van der Waals surface area contributed by atoms with Crippen LogP contribution in [0.1, 0.15) is 45.1 Å². The maximum Gasteiger partial charge on any atom is 0.227 e. The zero-order chi connectivity index (χ0) is 15.5. The number of nitrogens with two attached hydrogens (primary N) is 1. The molecule has 1 saturated carbocycles. The molecule has 112 valence electrons. The largest absolute Gasteiger partial charge is 0.328 e. The van der Waals surface area contributed by atoms with Crippen LogP contribution >= 0.6 is 0 Å². The van der Waals surface area contributed by atoms with Gasteiger partial charge in [0.2, 0.25) is 5.91 Å². The predicted molar refractivity (Wildman–Crippen MR) is 83.6 cm³/mol. The zero-order valence-electron chi connectivity index (χ0n) is 12.7. The number of nitrogens with zero attached hydrogens (tertiary/aromatic N) is 1. The van der Waals surface area contributed by atoms with Crippen LogP contribution in [-0.2, 0) is 10.2 Å². The van der Waals surface area contributed by atoms with E-state index in [1.807, 2.05) is 38.1 Å². The quantitative estimate of drug-likeness (QED) is 0.896. The first-order valence-electron chi connectivity index (χ1n) is 7.50. The van der Waals surface area contributed by atoms with E-state index < -0.39 is 5.41 Å². The zero-order valence-corrected chi connectivity index (χ0v) is 12.7. The number of nitriles is 1. The Morgan fingerprint density at radius 1 is 1.33 bits per heavy atom. The van der Waals surface area contributed by atoms with Crippen molar-refractivity contribution in [1.82, 2.24) is 0 Å². The van der Waals surface area contributed by atoms with Gasteiger partial charge >= 0.3 is 0 Å². The van der Waals surface area contributed by atoms with Crippen LogP contribution in [0.5, 0.6) is 0 Å². The van der Waals surface area contributed by atoms with Crippen LogP contribution in [0.3, 0.4) is 0 Å². The minimum Gasteiger partial charge on any atom is -0.328 e. The number of hydrogen-bond donors (Lipinski definition) is 2. The van der Waals surface area contributed by atoms with Crippen LogP contribution < -0.4 is 11.1 Å². The van der Waals surface area contributed by atoms with Gasteiger partial charge in [0.15, 0.2) is 0 Å². The molecule has 1 aromatic rings. The van der Waals surface area contributed by atoms with Crippen molar-refractivity contribution in [2.75, 3.05) is 5.32 Å². The summed E-state index contributed by atoms with van der Waals surface area (Å²) in [7, 11) is 0. The number of anilines is 1. The number of benzene rings is 1. The molecule has 0 radical (unpaired) electrons. The maximum atomic E-state index is 12.2. The number of hydrogen-bond acceptors (Lipinski definition) is 3. The van der Waals surface area contributed by atoms with Crippen molar-refractivity contribution in [3.8, 4) is 6.07 Å². The number of carbonyl (C=O) groups excluding carboxylic acids is 1. The Hall–Kier alpha value is -1.86. The normalized spacial score (nSPS) is 22.4. The van der Waals surface area contributed by atoms with Gasteiger partial charge in [0, 0.05) is 17.6 Å². The van der Waals surface area contributed by atoms with Gasteiger partial charge in [0.25, 0.3) is 0 Å². The summed E-state index contributed by atoms with van der Waals surface area (Å²) in [5.41, 5.74) is 7.14. The molecule has 0 spiro atoms. The molecule has 0 saturated heterocycles. The predicted octanol–water partition coefficient (Wildman–Crippen LogP) is 2.94. The van der Waals surface area contributed by atoms with Gasteiger partial charge in [0.1, 0.15) is 0 Å². The molecular formula is C17H23N3O. The summed E-state index contributed by atoms with van der Waals surface area (Å²) in [6.07, 6.45) is 3.72. The topological polar surface area (TPSA) is 78.9 Å². The first kappa shape index (κ1) is 15.5. The average Bonchev–Trinajstić information content (AvgIpc) is 2.48. The molecule has 2 atom stereocenters. The summed E-state index contributed by atoms with van der Waals surface area (Å²) < 4.78 is 0. The Bertz CT molecular complexity index is 542. The summed E-state index contributed by atoms with van der Waals surface area (Å²) in [6.45, 7) is 3.76. The Kier molecular flexibility index (Phi) is 4.64. The maximum absolute atomic E-state index is 12.2. The van der Waals surface area contributed by atoms with E-state index in [0.717, 1.165) is 36.9 Å². The fourth-order valence-electron chi connectivity index (χ4n) is 2.74. The monoisotopic (exact) mass is 285 g/mol. The lowest BCUT2D eigenvalue weighted by molar-refractivity contribution is -0.120. The molecule has 0 heterocycles. The van der Waals surface area contributed by atoms with Crippen LogP contribution in [0.15, 0.2) is 24.3 Å². The Labute approximate surface area is 126 Å². The number of amides is 1. The summed E-state index contributed by atoms with van der Waals surface area (Å²) in [6, 6.07) is 9.92. The third-order valence-electron chi connectivity index (χ3n) is 4.24. The second kappa shape index (κ2) is 6.28. The van der Waals surface area contributed by atoms with Crippen LogP contribution in [0.4, 0.5) is 5.69 Å². The highest BCUT2D eigenvalue weighted by molar-refractivity contribution is 5.92. The minimum atomic E-state index is -0.515. The Balaban J connectivity index is 2.00. The fourth-order valence-corrected chi connectivity index (χ4v) is 2.74. The standard InChI is InChI=1S/C17H23N3O/c1-17(2,11-18)13-6-8-15(9-7-13)20-16(21)12-4-3-5-14(19)10-12/h6-9,12,14H,3-5,10,19H2,1-2H3,(H,20,21). The lowest BCUT2D eigenvalue weighted by Crippen LogP contribution is -2.34. The van der Waals surface area contributed by atoms with E-state index in [4.69, 9.17) is 11.0 Å². The molecule has 2 rings (SSSR count). The van der Waals surface area contributed by atoms with E-state index >= 15 is 0 Å². The molecule has 21 heavy (non-hydrogen) atoms. The molecule has 2 unspecified atom stereocenters. The SMILES string of the molecule is CC(C)(C#N)c1ccc(NC(=O)C2CCCC(N)C2)cc1. The van der Waals surface area contributed by atoms with Gasteiger partial charge in [-0.25, -0.2) is 0 Å². The van der Waals surface area contributed by atoms with Gasteiger partial charge in [-0.3, -0.25) is 4.79 Å². The molecule has 1 aliphatic rings. The van der Waals surface area contributed by atoms with Gasteiger partial charge in [-0.2, -0.15) is 5.26 Å². The molecule has 0 aliphatic heterocycles. The molecule has 1 fully saturated rings. The fraction of sp³-hybridized carbons (Fsp3) is 0.529. The second-order valence-corrected chi connectivity index (χ2v) is 6.43. The van der Waals surface area contributed by atoms with Crippen molar-refractivity contribution in [3.63, 3.8) is 0 Å². The van der Waals surface area contributed by atoms with E-state index in [2.05, 4.69) is 11.4 Å². The highest BCUT2D eigenvalue weighted by Gasteiger charge is 2.25. The number of nitrogens with one attached hydrogen (secondary N) is 1. The first-order valence-corrected chi connectivity index (χ1v) is 7.50. The third kappa shape index (κ3) is 3.83. The van der Waals surface area contributed by atoms with Crippen molar-refractivity contribution in [1.29, 1.82) is 5.26 Å². The second-order valence-electron chi connectivity index (χ2n) is 6.43. The van der Waals surface area contributed by atoms with Gasteiger partial charge in [-0.1, -0.05) is 18.6 Å². The van der Waals surface area contributed by atoms with Gasteiger partial charge in [0.05, 0.1) is 11.5 Å². The molecule has 1 aliphatic carbocycles. The van der Waals surface area contributed by atoms with E-state index in [1.165, 1.54) is 0 Å². The molecule has 0 aromatic heterocycles. The lowest BCUT2D eigenvalue weighted by Gasteiger charge is -2.25. The van der Waals surface area contributed by atoms with Gasteiger partial charge < -0.3 is 11.1 Å². The van der Waals surface area contributed by atoms with Crippen molar-refractivity contribution >= 4 is 11.6 Å². The number of rotatable bonds is 3. The van der Waals surface area contributed by atoms with E-state index in [-0.39, 0.29) is 17.9 Å². The third-order valence-corrected chi connectivity index (χ3v) is 4.24. The van der Waals surface area contributed by atoms with Crippen molar-refractivity contribution in [2.24, 2.45) is 11.7 Å². The van der Waals surface area contributed by atoms with E-state index in [0.29, 0.717) is 0 Å². The Morgan fingerprint density at radius 3 is 2.57 bits per heavy atom. The lowest BCUT2D eigenvalue weighted by atomic mass is 9.85. The molecule has 4 heteroatoms. The van der Waals surface area contributed by atoms with Crippen molar-refractivity contribution in [2.45, 2.75) is 51.0 Å². The Morgan fingerprint density at radius 2 is 2.00 bits per heavy atom. The molecule has 3 N–H and O–H groups in total. The van der Waals surface area contributed by atoms with Crippen LogP contribution in [0.2, 0.25) is 0 Å². The van der Waals surface area contributed by atoms with Crippen molar-refractivity contribution < 1.29 is 4.79 Å². The minimum absolute atomic E-state index is 0.0176. The molecule has 0 bridgehead atoms. The van der Waals surface area contributed by atoms with Crippen LogP contribution in [0.25, 0.3) is 0 Å². The summed E-state index contributed by atoms with van der Waals surface area (Å²) >= 11 is 0. The van der Waals surface area contributed by atoms with Crippen LogP contribution in [0, 0.1) is 17.2 Å². The smallest absolute Gasteiger partial charge is 0.227 e.